The zero-order chi connectivity index (χ0) is 9.97. The molecule has 1 saturated carbocycles. The van der Waals surface area contributed by atoms with Gasteiger partial charge >= 0.3 is 0 Å². The van der Waals surface area contributed by atoms with Crippen LogP contribution in [0.1, 0.15) is 43.9 Å². The summed E-state index contributed by atoms with van der Waals surface area (Å²) in [5.74, 6) is 1.53. The van der Waals surface area contributed by atoms with E-state index in [1.165, 1.54) is 32.1 Å². The fraction of sp³-hybridized carbons (Fsp3) is 0.636. The van der Waals surface area contributed by atoms with Gasteiger partial charge in [-0.2, -0.15) is 0 Å². The molecule has 0 spiro atoms. The minimum Gasteiger partial charge on any atom is -0.453 e. The van der Waals surface area contributed by atoms with Gasteiger partial charge in [-0.1, -0.05) is 19.3 Å². The van der Waals surface area contributed by atoms with Crippen LogP contribution in [0.2, 0.25) is 0 Å². The lowest BCUT2D eigenvalue weighted by Gasteiger charge is -2.25. The molecule has 0 saturated heterocycles. The van der Waals surface area contributed by atoms with Crippen LogP contribution in [0.15, 0.2) is 21.2 Å². The Kier molecular flexibility index (Phi) is 5.16. The number of hydrogen-bond donors (Lipinski definition) is 1. The first kappa shape index (κ1) is 13.1. The highest BCUT2D eigenvalue weighted by atomic mass is 79.9. The van der Waals surface area contributed by atoms with E-state index < -0.39 is 0 Å². The van der Waals surface area contributed by atoms with Crippen molar-refractivity contribution >= 4 is 28.3 Å². The Morgan fingerprint density at radius 2 is 1.93 bits per heavy atom. The van der Waals surface area contributed by atoms with Gasteiger partial charge in [0.2, 0.25) is 0 Å². The molecule has 1 aliphatic rings. The van der Waals surface area contributed by atoms with Crippen molar-refractivity contribution in [2.75, 3.05) is 0 Å². The van der Waals surface area contributed by atoms with Gasteiger partial charge in [-0.05, 0) is 46.8 Å². The second-order valence-corrected chi connectivity index (χ2v) is 4.85. The summed E-state index contributed by atoms with van der Waals surface area (Å²) in [5.41, 5.74) is 6.17. The highest BCUT2D eigenvalue weighted by Gasteiger charge is 2.23. The van der Waals surface area contributed by atoms with Gasteiger partial charge in [-0.25, -0.2) is 0 Å². The first-order valence-corrected chi connectivity index (χ1v) is 6.07. The molecule has 0 aliphatic heterocycles. The molecule has 2 N–H and O–H groups in total. The Hall–Kier alpha value is 0.01000. The fourth-order valence-corrected chi connectivity index (χ4v) is 2.55. The van der Waals surface area contributed by atoms with Gasteiger partial charge in [-0.3, -0.25) is 0 Å². The summed E-state index contributed by atoms with van der Waals surface area (Å²) < 4.78 is 6.27. The van der Waals surface area contributed by atoms with Crippen LogP contribution < -0.4 is 5.73 Å². The Balaban J connectivity index is 0.00000112. The maximum Gasteiger partial charge on any atom is 0.169 e. The molecule has 1 fully saturated rings. The third-order valence-corrected chi connectivity index (χ3v) is 3.51. The van der Waals surface area contributed by atoms with E-state index in [1.54, 1.807) is 0 Å². The van der Waals surface area contributed by atoms with E-state index in [1.807, 2.05) is 12.1 Å². The third kappa shape index (κ3) is 3.23. The molecule has 1 atom stereocenters. The molecule has 1 heterocycles. The Bertz CT molecular complexity index is 297. The van der Waals surface area contributed by atoms with Crippen molar-refractivity contribution in [1.82, 2.24) is 0 Å². The van der Waals surface area contributed by atoms with Crippen molar-refractivity contribution < 1.29 is 4.42 Å². The largest absolute Gasteiger partial charge is 0.453 e. The molecule has 0 aromatic carbocycles. The van der Waals surface area contributed by atoms with Crippen molar-refractivity contribution in [1.29, 1.82) is 0 Å². The van der Waals surface area contributed by atoms with Crippen LogP contribution in [0.5, 0.6) is 0 Å². The molecule has 0 bridgehead atoms. The molecule has 4 heteroatoms. The SMILES string of the molecule is Cl.N[C@@H](c1ccc(Br)o1)C1CCCCC1. The summed E-state index contributed by atoms with van der Waals surface area (Å²) in [6.07, 6.45) is 6.50. The molecule has 0 radical (unpaired) electrons. The Morgan fingerprint density at radius 3 is 2.47 bits per heavy atom. The monoisotopic (exact) mass is 293 g/mol. The minimum absolute atomic E-state index is 0. The van der Waals surface area contributed by atoms with Crippen LogP contribution in [0.3, 0.4) is 0 Å². The van der Waals surface area contributed by atoms with Crippen LogP contribution in [0.4, 0.5) is 0 Å². The summed E-state index contributed by atoms with van der Waals surface area (Å²) in [4.78, 5) is 0. The molecule has 86 valence electrons. The molecule has 1 aromatic heterocycles. The maximum absolute atomic E-state index is 6.17. The standard InChI is InChI=1S/C11H16BrNO.ClH/c12-10-7-6-9(14-10)11(13)8-4-2-1-3-5-8;/h6-8,11H,1-5,13H2;1H/t11-;/m1./s1. The van der Waals surface area contributed by atoms with Gasteiger partial charge in [0.1, 0.15) is 5.76 Å². The van der Waals surface area contributed by atoms with Crippen LogP contribution in [0, 0.1) is 5.92 Å². The van der Waals surface area contributed by atoms with Crippen LogP contribution in [0.25, 0.3) is 0 Å². The lowest BCUT2D eigenvalue weighted by atomic mass is 9.83. The Labute approximate surface area is 105 Å². The smallest absolute Gasteiger partial charge is 0.169 e. The second-order valence-electron chi connectivity index (χ2n) is 4.07. The van der Waals surface area contributed by atoms with E-state index in [4.69, 9.17) is 10.2 Å². The van der Waals surface area contributed by atoms with Crippen LogP contribution >= 0.6 is 28.3 Å². The highest BCUT2D eigenvalue weighted by Crippen LogP contribution is 2.33. The van der Waals surface area contributed by atoms with Gasteiger partial charge < -0.3 is 10.2 Å². The van der Waals surface area contributed by atoms with Crippen molar-refractivity contribution in [2.24, 2.45) is 11.7 Å². The van der Waals surface area contributed by atoms with Crippen molar-refractivity contribution in [3.05, 3.63) is 22.6 Å². The molecule has 2 nitrogen and oxygen atoms in total. The van der Waals surface area contributed by atoms with E-state index in [2.05, 4.69) is 15.9 Å². The summed E-state index contributed by atoms with van der Waals surface area (Å²) in [6.45, 7) is 0. The topological polar surface area (TPSA) is 39.2 Å². The molecular formula is C11H17BrClNO. The normalized spacial score (nSPS) is 19.6. The average Bonchev–Trinajstić information content (AvgIpc) is 2.65. The molecule has 1 aromatic rings. The van der Waals surface area contributed by atoms with Crippen molar-refractivity contribution in [3.8, 4) is 0 Å². The predicted molar refractivity (Wildman–Crippen MR) is 67.2 cm³/mol. The number of halogens is 2. The Morgan fingerprint density at radius 1 is 1.27 bits per heavy atom. The van der Waals surface area contributed by atoms with Gasteiger partial charge in [0.15, 0.2) is 4.67 Å². The number of hydrogen-bond acceptors (Lipinski definition) is 2. The number of furan rings is 1. The van der Waals surface area contributed by atoms with Crippen LogP contribution in [-0.2, 0) is 0 Å². The lowest BCUT2D eigenvalue weighted by molar-refractivity contribution is 0.278. The molecule has 2 rings (SSSR count). The van der Waals surface area contributed by atoms with Gasteiger partial charge in [0.05, 0.1) is 6.04 Å². The summed E-state index contributed by atoms with van der Waals surface area (Å²) >= 11 is 3.30. The van der Waals surface area contributed by atoms with E-state index in [0.29, 0.717) is 5.92 Å². The first-order chi connectivity index (χ1) is 6.77. The van der Waals surface area contributed by atoms with Gasteiger partial charge in [-0.15, -0.1) is 12.4 Å². The molecule has 0 unspecified atom stereocenters. The predicted octanol–water partition coefficient (Wildman–Crippen LogP) is 4.04. The first-order valence-electron chi connectivity index (χ1n) is 5.28. The van der Waals surface area contributed by atoms with Gasteiger partial charge in [0.25, 0.3) is 0 Å². The van der Waals surface area contributed by atoms with E-state index in [-0.39, 0.29) is 18.4 Å². The lowest BCUT2D eigenvalue weighted by Crippen LogP contribution is -2.22. The maximum atomic E-state index is 6.17. The van der Waals surface area contributed by atoms with E-state index in [0.717, 1.165) is 10.4 Å². The van der Waals surface area contributed by atoms with Crippen LogP contribution in [-0.4, -0.2) is 0 Å². The second kappa shape index (κ2) is 5.92. The molecular weight excluding hydrogens is 277 g/mol. The number of rotatable bonds is 2. The summed E-state index contributed by atoms with van der Waals surface area (Å²) in [5, 5.41) is 0. The zero-order valence-electron chi connectivity index (χ0n) is 8.62. The quantitative estimate of drug-likeness (QED) is 0.894. The minimum atomic E-state index is 0. The van der Waals surface area contributed by atoms with Crippen molar-refractivity contribution in [3.63, 3.8) is 0 Å². The van der Waals surface area contributed by atoms with E-state index >= 15 is 0 Å². The summed E-state index contributed by atoms with van der Waals surface area (Å²) in [6, 6.07) is 3.98. The average molecular weight is 295 g/mol. The molecule has 0 amide bonds. The molecule has 15 heavy (non-hydrogen) atoms. The number of nitrogens with two attached hydrogens (primary N) is 1. The van der Waals surface area contributed by atoms with Gasteiger partial charge in [0, 0.05) is 0 Å². The van der Waals surface area contributed by atoms with Crippen molar-refractivity contribution in [2.45, 2.75) is 38.1 Å². The zero-order valence-corrected chi connectivity index (χ0v) is 11.0. The van der Waals surface area contributed by atoms with E-state index in [9.17, 15) is 0 Å². The third-order valence-electron chi connectivity index (χ3n) is 3.08. The fourth-order valence-electron chi connectivity index (χ4n) is 2.23. The summed E-state index contributed by atoms with van der Waals surface area (Å²) in [7, 11) is 0. The highest BCUT2D eigenvalue weighted by molar-refractivity contribution is 9.10. The molecule has 1 aliphatic carbocycles.